The average molecular weight is 309 g/mol. The number of hydrogen-bond donors (Lipinski definition) is 1. The highest BCUT2D eigenvalue weighted by molar-refractivity contribution is 5.84. The highest BCUT2D eigenvalue weighted by Crippen LogP contribution is 2.22. The van der Waals surface area contributed by atoms with Gasteiger partial charge in [0.25, 0.3) is 0 Å². The Kier molecular flexibility index (Phi) is 4.30. The van der Waals surface area contributed by atoms with Gasteiger partial charge in [0.15, 0.2) is 0 Å². The first-order chi connectivity index (χ1) is 11.1. The van der Waals surface area contributed by atoms with Crippen LogP contribution in [0.25, 0.3) is 10.8 Å². The summed E-state index contributed by atoms with van der Waals surface area (Å²) in [5.74, 6) is 0.956. The Bertz CT molecular complexity index is 801. The molecular weight excluding hydrogens is 286 g/mol. The standard InChI is InChI=1S/C18H23N5/c1-13(17-16-8-6-5-7-14(16)9-10-19-17)20-11-15-12-21-18(22(2)3)23(15)4/h5-10,12-13,20H,11H2,1-4H3. The zero-order valence-corrected chi connectivity index (χ0v) is 14.1. The molecule has 3 rings (SSSR count). The first-order valence-electron chi connectivity index (χ1n) is 7.83. The third-order valence-corrected chi connectivity index (χ3v) is 4.16. The van der Waals surface area contributed by atoms with Crippen molar-refractivity contribution in [2.24, 2.45) is 7.05 Å². The van der Waals surface area contributed by atoms with Crippen LogP contribution in [0.2, 0.25) is 0 Å². The monoisotopic (exact) mass is 309 g/mol. The zero-order valence-electron chi connectivity index (χ0n) is 14.1. The van der Waals surface area contributed by atoms with E-state index in [1.165, 1.54) is 10.8 Å². The van der Waals surface area contributed by atoms with E-state index < -0.39 is 0 Å². The lowest BCUT2D eigenvalue weighted by atomic mass is 10.1. The summed E-state index contributed by atoms with van der Waals surface area (Å²) in [6.07, 6.45) is 3.80. The smallest absolute Gasteiger partial charge is 0.204 e. The van der Waals surface area contributed by atoms with E-state index in [4.69, 9.17) is 0 Å². The second-order valence-corrected chi connectivity index (χ2v) is 6.02. The lowest BCUT2D eigenvalue weighted by Gasteiger charge is -2.17. The van der Waals surface area contributed by atoms with Gasteiger partial charge in [0, 0.05) is 45.3 Å². The number of imidazole rings is 1. The maximum Gasteiger partial charge on any atom is 0.204 e. The first kappa shape index (κ1) is 15.5. The largest absolute Gasteiger partial charge is 0.348 e. The molecule has 1 unspecified atom stereocenters. The van der Waals surface area contributed by atoms with Crippen LogP contribution in [-0.4, -0.2) is 28.6 Å². The van der Waals surface area contributed by atoms with Crippen LogP contribution >= 0.6 is 0 Å². The van der Waals surface area contributed by atoms with E-state index in [0.29, 0.717) is 0 Å². The number of pyridine rings is 1. The Morgan fingerprint density at radius 2 is 1.96 bits per heavy atom. The molecule has 2 heterocycles. The Morgan fingerprint density at radius 1 is 1.17 bits per heavy atom. The number of benzene rings is 1. The van der Waals surface area contributed by atoms with Crippen molar-refractivity contribution in [3.63, 3.8) is 0 Å². The van der Waals surface area contributed by atoms with E-state index >= 15 is 0 Å². The van der Waals surface area contributed by atoms with E-state index in [0.717, 1.165) is 23.9 Å². The summed E-state index contributed by atoms with van der Waals surface area (Å²) in [7, 11) is 6.05. The minimum Gasteiger partial charge on any atom is -0.348 e. The van der Waals surface area contributed by atoms with Gasteiger partial charge in [0.05, 0.1) is 17.6 Å². The highest BCUT2D eigenvalue weighted by Gasteiger charge is 2.13. The molecule has 0 fully saturated rings. The summed E-state index contributed by atoms with van der Waals surface area (Å²) < 4.78 is 2.11. The summed E-state index contributed by atoms with van der Waals surface area (Å²) in [4.78, 5) is 11.0. The van der Waals surface area contributed by atoms with Crippen molar-refractivity contribution in [2.75, 3.05) is 19.0 Å². The molecular formula is C18H23N5. The van der Waals surface area contributed by atoms with Gasteiger partial charge < -0.3 is 14.8 Å². The van der Waals surface area contributed by atoms with E-state index in [2.05, 4.69) is 57.1 Å². The summed E-state index contributed by atoms with van der Waals surface area (Å²) in [5.41, 5.74) is 2.24. The van der Waals surface area contributed by atoms with Crippen LogP contribution in [0, 0.1) is 0 Å². The third-order valence-electron chi connectivity index (χ3n) is 4.16. The number of anilines is 1. The van der Waals surface area contributed by atoms with E-state index in [9.17, 15) is 0 Å². The molecule has 1 atom stereocenters. The topological polar surface area (TPSA) is 46.0 Å². The fourth-order valence-electron chi connectivity index (χ4n) is 2.86. The van der Waals surface area contributed by atoms with Crippen molar-refractivity contribution in [1.82, 2.24) is 19.9 Å². The Labute approximate surface area is 137 Å². The fraction of sp³-hybridized carbons (Fsp3) is 0.333. The molecule has 23 heavy (non-hydrogen) atoms. The molecule has 1 aromatic carbocycles. The van der Waals surface area contributed by atoms with Crippen molar-refractivity contribution in [1.29, 1.82) is 0 Å². The first-order valence-corrected chi connectivity index (χ1v) is 7.83. The predicted molar refractivity (Wildman–Crippen MR) is 94.5 cm³/mol. The van der Waals surface area contributed by atoms with Crippen molar-refractivity contribution in [3.8, 4) is 0 Å². The number of fused-ring (bicyclic) bond motifs is 1. The van der Waals surface area contributed by atoms with Crippen molar-refractivity contribution in [3.05, 3.63) is 54.1 Å². The van der Waals surface area contributed by atoms with E-state index in [1.807, 2.05) is 38.4 Å². The molecule has 0 radical (unpaired) electrons. The van der Waals surface area contributed by atoms with Gasteiger partial charge in [0.2, 0.25) is 5.95 Å². The normalized spacial score (nSPS) is 12.5. The maximum absolute atomic E-state index is 4.58. The van der Waals surface area contributed by atoms with E-state index in [1.54, 1.807) is 0 Å². The number of nitrogens with one attached hydrogen (secondary N) is 1. The summed E-state index contributed by atoms with van der Waals surface area (Å²) in [6.45, 7) is 2.90. The Morgan fingerprint density at radius 3 is 2.70 bits per heavy atom. The van der Waals surface area contributed by atoms with Crippen LogP contribution in [0.1, 0.15) is 24.4 Å². The molecule has 0 bridgehead atoms. The van der Waals surface area contributed by atoms with E-state index in [-0.39, 0.29) is 6.04 Å². The minimum absolute atomic E-state index is 0.166. The van der Waals surface area contributed by atoms with Gasteiger partial charge >= 0.3 is 0 Å². The number of hydrogen-bond acceptors (Lipinski definition) is 4. The molecule has 120 valence electrons. The fourth-order valence-corrected chi connectivity index (χ4v) is 2.86. The highest BCUT2D eigenvalue weighted by atomic mass is 15.3. The molecule has 0 aliphatic rings. The molecule has 0 aliphatic heterocycles. The molecule has 0 saturated heterocycles. The van der Waals surface area contributed by atoms with Crippen LogP contribution in [0.4, 0.5) is 5.95 Å². The van der Waals surface area contributed by atoms with Crippen LogP contribution in [0.3, 0.4) is 0 Å². The number of rotatable bonds is 5. The minimum atomic E-state index is 0.166. The molecule has 0 amide bonds. The summed E-state index contributed by atoms with van der Waals surface area (Å²) in [5, 5.41) is 5.99. The Balaban J connectivity index is 1.78. The van der Waals surface area contributed by atoms with Crippen LogP contribution in [0.5, 0.6) is 0 Å². The SMILES string of the molecule is CC(NCc1cnc(N(C)C)n1C)c1nccc2ccccc12. The van der Waals surface area contributed by atoms with Gasteiger partial charge in [-0.25, -0.2) is 4.98 Å². The maximum atomic E-state index is 4.58. The van der Waals surface area contributed by atoms with Crippen LogP contribution < -0.4 is 10.2 Å². The molecule has 5 nitrogen and oxygen atoms in total. The van der Waals surface area contributed by atoms with Crippen molar-refractivity contribution in [2.45, 2.75) is 19.5 Å². The van der Waals surface area contributed by atoms with Crippen molar-refractivity contribution < 1.29 is 0 Å². The third kappa shape index (κ3) is 3.05. The van der Waals surface area contributed by atoms with Crippen molar-refractivity contribution >= 4 is 16.7 Å². The molecule has 1 N–H and O–H groups in total. The lowest BCUT2D eigenvalue weighted by molar-refractivity contribution is 0.550. The predicted octanol–water partition coefficient (Wildman–Crippen LogP) is 2.89. The van der Waals surface area contributed by atoms with Gasteiger partial charge in [-0.05, 0) is 18.4 Å². The second-order valence-electron chi connectivity index (χ2n) is 6.02. The molecule has 3 aromatic rings. The molecule has 0 spiro atoms. The molecule has 0 saturated carbocycles. The van der Waals surface area contributed by atoms with Gasteiger partial charge in [-0.15, -0.1) is 0 Å². The summed E-state index contributed by atoms with van der Waals surface area (Å²) in [6, 6.07) is 10.6. The number of aromatic nitrogens is 3. The van der Waals surface area contributed by atoms with Gasteiger partial charge in [-0.1, -0.05) is 24.3 Å². The molecule has 0 aliphatic carbocycles. The average Bonchev–Trinajstić information content (AvgIpc) is 2.93. The van der Waals surface area contributed by atoms with Crippen LogP contribution in [0.15, 0.2) is 42.7 Å². The number of nitrogens with zero attached hydrogens (tertiary/aromatic N) is 4. The molecule has 5 heteroatoms. The van der Waals surface area contributed by atoms with Gasteiger partial charge in [-0.3, -0.25) is 4.98 Å². The Hall–Kier alpha value is -2.40. The molecule has 2 aromatic heterocycles. The quantitative estimate of drug-likeness (QED) is 0.787. The second kappa shape index (κ2) is 6.38. The lowest BCUT2D eigenvalue weighted by Crippen LogP contribution is -2.21. The van der Waals surface area contributed by atoms with Gasteiger partial charge in [-0.2, -0.15) is 0 Å². The van der Waals surface area contributed by atoms with Gasteiger partial charge in [0.1, 0.15) is 0 Å². The summed E-state index contributed by atoms with van der Waals surface area (Å²) >= 11 is 0. The zero-order chi connectivity index (χ0) is 16.4. The van der Waals surface area contributed by atoms with Crippen LogP contribution in [-0.2, 0) is 13.6 Å².